The van der Waals surface area contributed by atoms with Crippen LogP contribution in [0.15, 0.2) is 73.8 Å². The number of aromatic nitrogens is 6. The van der Waals surface area contributed by atoms with E-state index in [0.717, 1.165) is 14.9 Å². The monoisotopic (exact) mass is 448 g/mol. The fraction of sp³-hybridized carbons (Fsp3) is 0. The number of pyridine rings is 2. The third kappa shape index (κ3) is 6.99. The highest BCUT2D eigenvalue weighted by molar-refractivity contribution is 14.1. The molecule has 0 aliphatic carbocycles. The van der Waals surface area contributed by atoms with Crippen molar-refractivity contribution >= 4 is 34.0 Å². The molecule has 9 heteroatoms. The molecule has 4 aromatic heterocycles. The fourth-order valence-corrected chi connectivity index (χ4v) is 2.16. The molecular weight excluding hydrogens is 431 g/mol. The van der Waals surface area contributed by atoms with E-state index in [-0.39, 0.29) is 0 Å². The highest BCUT2D eigenvalue weighted by Crippen LogP contribution is 2.07. The van der Waals surface area contributed by atoms with Crippen LogP contribution in [0.25, 0.3) is 5.69 Å². The summed E-state index contributed by atoms with van der Waals surface area (Å²) in [4.78, 5) is 7.81. The Kier molecular flexibility index (Phi) is 7.38. The zero-order valence-electron chi connectivity index (χ0n) is 13.2. The first kappa shape index (κ1) is 18.4. The molecule has 4 aromatic rings. The van der Waals surface area contributed by atoms with Crippen molar-refractivity contribution in [2.24, 2.45) is 0 Å². The average molecular weight is 448 g/mol. The normalized spacial score (nSPS) is 9.32. The van der Waals surface area contributed by atoms with Crippen molar-refractivity contribution in [2.45, 2.75) is 0 Å². The number of rotatable bonds is 1. The second kappa shape index (κ2) is 10.0. The summed E-state index contributed by atoms with van der Waals surface area (Å²) >= 11 is 2.16. The molecule has 8 nitrogen and oxygen atoms in total. The smallest absolute Gasteiger partial charge is 0.0849 e. The van der Waals surface area contributed by atoms with Crippen molar-refractivity contribution in [3.63, 3.8) is 0 Å². The van der Waals surface area contributed by atoms with Gasteiger partial charge in [-0.3, -0.25) is 15.1 Å². The molecule has 0 aliphatic rings. The van der Waals surface area contributed by atoms with Gasteiger partial charge in [0, 0.05) is 46.9 Å². The molecule has 0 radical (unpaired) electrons. The summed E-state index contributed by atoms with van der Waals surface area (Å²) in [5.41, 5.74) is 13.2. The molecular formula is C16H17IN8. The lowest BCUT2D eigenvalue weighted by Gasteiger charge is -1.99. The molecule has 25 heavy (non-hydrogen) atoms. The zero-order chi connectivity index (χ0) is 17.9. The Morgan fingerprint density at radius 2 is 1.68 bits per heavy atom. The summed E-state index contributed by atoms with van der Waals surface area (Å²) in [6.07, 6.45) is 13.7. The minimum absolute atomic E-state index is 0.642. The van der Waals surface area contributed by atoms with Crippen LogP contribution in [0.3, 0.4) is 0 Å². The van der Waals surface area contributed by atoms with Gasteiger partial charge in [-0.15, -0.1) is 0 Å². The van der Waals surface area contributed by atoms with E-state index in [2.05, 4.69) is 47.9 Å². The van der Waals surface area contributed by atoms with E-state index in [1.54, 1.807) is 48.1 Å². The predicted molar refractivity (Wildman–Crippen MR) is 106 cm³/mol. The maximum absolute atomic E-state index is 5.56. The number of nitrogen functional groups attached to an aromatic ring is 2. The molecule has 0 saturated heterocycles. The van der Waals surface area contributed by atoms with Gasteiger partial charge < -0.3 is 11.5 Å². The number of anilines is 2. The summed E-state index contributed by atoms with van der Waals surface area (Å²) < 4.78 is 2.78. The largest absolute Gasteiger partial charge is 0.397 e. The minimum atomic E-state index is 0.642. The molecule has 0 unspecified atom stereocenters. The van der Waals surface area contributed by atoms with Crippen LogP contribution in [0.2, 0.25) is 0 Å². The molecule has 0 spiro atoms. The van der Waals surface area contributed by atoms with Gasteiger partial charge >= 0.3 is 0 Å². The third-order valence-corrected chi connectivity index (χ3v) is 3.24. The minimum Gasteiger partial charge on any atom is -0.397 e. The number of aromatic amines is 1. The van der Waals surface area contributed by atoms with Crippen LogP contribution < -0.4 is 11.5 Å². The van der Waals surface area contributed by atoms with Gasteiger partial charge in [0.1, 0.15) is 0 Å². The lowest BCUT2D eigenvalue weighted by atomic mass is 10.4. The first-order chi connectivity index (χ1) is 12.1. The van der Waals surface area contributed by atoms with Gasteiger partial charge in [-0.25, -0.2) is 4.68 Å². The van der Waals surface area contributed by atoms with Crippen molar-refractivity contribution in [3.05, 3.63) is 77.4 Å². The van der Waals surface area contributed by atoms with Crippen molar-refractivity contribution in [1.29, 1.82) is 0 Å². The molecule has 0 amide bonds. The summed E-state index contributed by atoms with van der Waals surface area (Å²) in [6.45, 7) is 0. The van der Waals surface area contributed by atoms with Crippen LogP contribution in [-0.4, -0.2) is 29.9 Å². The van der Waals surface area contributed by atoms with Crippen LogP contribution >= 0.6 is 22.6 Å². The van der Waals surface area contributed by atoms with Gasteiger partial charge in [-0.1, -0.05) is 0 Å². The van der Waals surface area contributed by atoms with Gasteiger partial charge in [0.2, 0.25) is 0 Å². The molecule has 0 aromatic carbocycles. The lowest BCUT2D eigenvalue weighted by molar-refractivity contribution is 0.874. The van der Waals surface area contributed by atoms with Crippen LogP contribution in [0.5, 0.6) is 0 Å². The number of hydrogen-bond donors (Lipinski definition) is 3. The van der Waals surface area contributed by atoms with Crippen LogP contribution in [-0.2, 0) is 0 Å². The molecule has 0 aliphatic heterocycles. The standard InChI is InChI=1S/C8H8N4.C5H5IN2.C3H4N2/c9-7-4-8(6-10-5-7)12-3-1-2-11-12;6-4-1-5(7)3-8-2-4;1-2-4-5-3-1/h1-6H,9H2;1-3H,7H2;1-3H,(H,4,5). The average Bonchev–Trinajstić information content (AvgIpc) is 3.32. The van der Waals surface area contributed by atoms with Crippen molar-refractivity contribution in [1.82, 2.24) is 29.9 Å². The Morgan fingerprint density at radius 1 is 0.920 bits per heavy atom. The van der Waals surface area contributed by atoms with Crippen molar-refractivity contribution < 1.29 is 0 Å². The Labute approximate surface area is 158 Å². The highest BCUT2D eigenvalue weighted by Gasteiger charge is 1.95. The topological polar surface area (TPSA) is 124 Å². The van der Waals surface area contributed by atoms with Gasteiger partial charge in [-0.2, -0.15) is 10.2 Å². The number of nitrogens with zero attached hydrogens (tertiary/aromatic N) is 5. The SMILES string of the molecule is Nc1cncc(-n2cccn2)c1.Nc1cncc(I)c1.c1cn[nH]c1. The number of nitrogens with one attached hydrogen (secondary N) is 1. The van der Waals surface area contributed by atoms with Crippen LogP contribution in [0.4, 0.5) is 11.4 Å². The second-order valence-electron chi connectivity index (χ2n) is 4.63. The molecule has 128 valence electrons. The quantitative estimate of drug-likeness (QED) is 0.385. The Hall–Kier alpha value is -2.95. The first-order valence-electron chi connectivity index (χ1n) is 7.15. The van der Waals surface area contributed by atoms with Crippen LogP contribution in [0, 0.1) is 3.57 Å². The number of hydrogen-bond acceptors (Lipinski definition) is 6. The molecule has 0 fully saturated rings. The van der Waals surface area contributed by atoms with Crippen molar-refractivity contribution in [3.8, 4) is 5.69 Å². The Bertz CT molecular complexity index is 812. The molecule has 4 heterocycles. The predicted octanol–water partition coefficient (Wildman–Crippen LogP) is 2.53. The Balaban J connectivity index is 0.000000149. The maximum atomic E-state index is 5.56. The molecule has 5 N–H and O–H groups in total. The number of halogens is 1. The molecule has 0 bridgehead atoms. The summed E-state index contributed by atoms with van der Waals surface area (Å²) in [5.74, 6) is 0. The summed E-state index contributed by atoms with van der Waals surface area (Å²) in [5, 5.41) is 10.3. The van der Waals surface area contributed by atoms with Gasteiger partial charge in [-0.05, 0) is 46.9 Å². The van der Waals surface area contributed by atoms with E-state index >= 15 is 0 Å². The van der Waals surface area contributed by atoms with Crippen LogP contribution in [0.1, 0.15) is 0 Å². The second-order valence-corrected chi connectivity index (χ2v) is 5.88. The first-order valence-corrected chi connectivity index (χ1v) is 8.23. The van der Waals surface area contributed by atoms with E-state index in [9.17, 15) is 0 Å². The van der Waals surface area contributed by atoms with E-state index in [1.807, 2.05) is 30.5 Å². The van der Waals surface area contributed by atoms with Gasteiger partial charge in [0.25, 0.3) is 0 Å². The van der Waals surface area contributed by atoms with E-state index in [1.165, 1.54) is 0 Å². The molecule has 0 saturated carbocycles. The van der Waals surface area contributed by atoms with Gasteiger partial charge in [0.15, 0.2) is 0 Å². The van der Waals surface area contributed by atoms with Gasteiger partial charge in [0.05, 0.1) is 23.3 Å². The lowest BCUT2D eigenvalue weighted by Crippen LogP contribution is -1.96. The summed E-state index contributed by atoms with van der Waals surface area (Å²) in [6, 6.07) is 7.37. The van der Waals surface area contributed by atoms with E-state index in [0.29, 0.717) is 5.69 Å². The van der Waals surface area contributed by atoms with E-state index < -0.39 is 0 Å². The number of nitrogens with two attached hydrogens (primary N) is 2. The Morgan fingerprint density at radius 3 is 2.12 bits per heavy atom. The summed E-state index contributed by atoms with van der Waals surface area (Å²) in [7, 11) is 0. The molecule has 0 atom stereocenters. The molecule has 4 rings (SSSR count). The van der Waals surface area contributed by atoms with Crippen molar-refractivity contribution in [2.75, 3.05) is 11.5 Å². The third-order valence-electron chi connectivity index (χ3n) is 2.65. The maximum Gasteiger partial charge on any atom is 0.0849 e. The number of H-pyrrole nitrogens is 1. The highest BCUT2D eigenvalue weighted by atomic mass is 127. The fourth-order valence-electron chi connectivity index (χ4n) is 1.64. The van der Waals surface area contributed by atoms with E-state index in [4.69, 9.17) is 11.5 Å². The zero-order valence-corrected chi connectivity index (χ0v) is 15.4.